The van der Waals surface area contributed by atoms with Gasteiger partial charge in [-0.2, -0.15) is 5.10 Å². The molecule has 0 aromatic carbocycles. The fourth-order valence-corrected chi connectivity index (χ4v) is 2.18. The molecule has 5 heteroatoms. The lowest BCUT2D eigenvalue weighted by molar-refractivity contribution is 0.415. The summed E-state index contributed by atoms with van der Waals surface area (Å²) >= 11 is 0. The predicted molar refractivity (Wildman–Crippen MR) is 77.1 cm³/mol. The van der Waals surface area contributed by atoms with Crippen molar-refractivity contribution >= 4 is 5.82 Å². The molecule has 0 aliphatic carbocycles. The number of nitrogens with zero attached hydrogens (tertiary/aromatic N) is 4. The molecule has 1 heterocycles. The number of hydrogen-bond acceptors (Lipinski definition) is 4. The number of hydrogen-bond donors (Lipinski definition) is 1. The van der Waals surface area contributed by atoms with E-state index >= 15 is 0 Å². The van der Waals surface area contributed by atoms with E-state index < -0.39 is 0 Å². The zero-order valence-electron chi connectivity index (χ0n) is 12.6. The van der Waals surface area contributed by atoms with Crippen LogP contribution < -0.4 is 10.6 Å². The summed E-state index contributed by atoms with van der Waals surface area (Å²) in [5.74, 6) is 1.19. The molecule has 104 valence electrons. The average molecular weight is 253 g/mol. The number of aromatic nitrogens is 2. The third-order valence-electron chi connectivity index (χ3n) is 3.08. The lowest BCUT2D eigenvalue weighted by atomic mass is 10.1. The molecule has 0 fully saturated rings. The Kier molecular flexibility index (Phi) is 5.16. The molecule has 0 aliphatic heterocycles. The van der Waals surface area contributed by atoms with Crippen molar-refractivity contribution in [1.29, 1.82) is 0 Å². The molecule has 5 nitrogen and oxygen atoms in total. The largest absolute Gasteiger partial charge is 0.358 e. The van der Waals surface area contributed by atoms with Crippen LogP contribution >= 0.6 is 0 Å². The van der Waals surface area contributed by atoms with E-state index in [1.807, 2.05) is 18.7 Å². The quantitative estimate of drug-likeness (QED) is 0.807. The fraction of sp³-hybridized carbons (Fsp3) is 0.769. The maximum Gasteiger partial charge on any atom is 0.129 e. The summed E-state index contributed by atoms with van der Waals surface area (Å²) in [5, 5.41) is 4.52. The maximum absolute atomic E-state index is 5.93. The van der Waals surface area contributed by atoms with Gasteiger partial charge in [-0.15, -0.1) is 0 Å². The first-order valence-corrected chi connectivity index (χ1v) is 6.46. The van der Waals surface area contributed by atoms with Crippen molar-refractivity contribution in [2.45, 2.75) is 26.3 Å². The highest BCUT2D eigenvalue weighted by Gasteiger charge is 2.17. The van der Waals surface area contributed by atoms with E-state index in [0.29, 0.717) is 0 Å². The average Bonchev–Trinajstić information content (AvgIpc) is 2.50. The molecule has 0 spiro atoms. The first-order chi connectivity index (χ1) is 8.32. The van der Waals surface area contributed by atoms with E-state index in [0.717, 1.165) is 25.2 Å². The second-order valence-corrected chi connectivity index (χ2v) is 5.42. The third kappa shape index (κ3) is 3.71. The van der Waals surface area contributed by atoms with E-state index in [4.69, 9.17) is 5.73 Å². The van der Waals surface area contributed by atoms with Gasteiger partial charge in [-0.1, -0.05) is 0 Å². The van der Waals surface area contributed by atoms with Gasteiger partial charge in [0, 0.05) is 38.8 Å². The Bertz CT molecular complexity index is 381. The van der Waals surface area contributed by atoms with Crippen molar-refractivity contribution in [1.82, 2.24) is 14.7 Å². The van der Waals surface area contributed by atoms with Gasteiger partial charge in [0.1, 0.15) is 5.82 Å². The molecule has 0 saturated heterocycles. The molecule has 0 bridgehead atoms. The lowest BCUT2D eigenvalue weighted by Gasteiger charge is -2.23. The van der Waals surface area contributed by atoms with Crippen LogP contribution in [0.15, 0.2) is 0 Å². The van der Waals surface area contributed by atoms with Crippen LogP contribution in [0.3, 0.4) is 0 Å². The molecule has 0 amide bonds. The van der Waals surface area contributed by atoms with Gasteiger partial charge in [0.05, 0.1) is 5.69 Å². The van der Waals surface area contributed by atoms with Gasteiger partial charge in [0.25, 0.3) is 0 Å². The van der Waals surface area contributed by atoms with E-state index in [1.165, 1.54) is 11.4 Å². The molecule has 1 rings (SSSR count). The van der Waals surface area contributed by atoms with Gasteiger partial charge in [0.15, 0.2) is 0 Å². The second-order valence-electron chi connectivity index (χ2n) is 5.42. The highest BCUT2D eigenvalue weighted by atomic mass is 15.4. The van der Waals surface area contributed by atoms with Gasteiger partial charge in [-0.25, -0.2) is 0 Å². The lowest BCUT2D eigenvalue weighted by Crippen LogP contribution is -2.31. The molecule has 2 N–H and O–H groups in total. The molecular weight excluding hydrogens is 226 g/mol. The Morgan fingerprint density at radius 1 is 1.28 bits per heavy atom. The van der Waals surface area contributed by atoms with Crippen LogP contribution in [0.2, 0.25) is 0 Å². The second kappa shape index (κ2) is 6.20. The van der Waals surface area contributed by atoms with Gasteiger partial charge in [0.2, 0.25) is 0 Å². The number of rotatable bonds is 6. The minimum Gasteiger partial charge on any atom is -0.358 e. The van der Waals surface area contributed by atoms with E-state index in [9.17, 15) is 0 Å². The van der Waals surface area contributed by atoms with Crippen molar-refractivity contribution < 1.29 is 0 Å². The fourth-order valence-electron chi connectivity index (χ4n) is 2.18. The Morgan fingerprint density at radius 2 is 1.89 bits per heavy atom. The Labute approximate surface area is 111 Å². The highest BCUT2D eigenvalue weighted by molar-refractivity contribution is 5.50. The number of aryl methyl sites for hydroxylation is 2. The van der Waals surface area contributed by atoms with Crippen molar-refractivity contribution in [2.24, 2.45) is 12.8 Å². The topological polar surface area (TPSA) is 50.3 Å². The summed E-state index contributed by atoms with van der Waals surface area (Å²) in [7, 11) is 8.29. The molecule has 1 aromatic rings. The molecular formula is C13H27N5. The number of likely N-dealkylation sites (N-methyl/N-ethyl adjacent to an activating group) is 2. The SMILES string of the molecule is Cc1nn(C)c(N(C)CCN(C)C)c1CC(C)N. The summed E-state index contributed by atoms with van der Waals surface area (Å²) < 4.78 is 1.96. The molecule has 1 unspecified atom stereocenters. The first-order valence-electron chi connectivity index (χ1n) is 6.46. The van der Waals surface area contributed by atoms with Crippen molar-refractivity contribution in [3.05, 3.63) is 11.3 Å². The van der Waals surface area contributed by atoms with Gasteiger partial charge in [-0.3, -0.25) is 4.68 Å². The smallest absolute Gasteiger partial charge is 0.129 e. The van der Waals surface area contributed by atoms with E-state index in [2.05, 4.69) is 43.0 Å². The zero-order chi connectivity index (χ0) is 13.9. The van der Waals surface area contributed by atoms with Crippen LogP contribution in [0.5, 0.6) is 0 Å². The summed E-state index contributed by atoms with van der Waals surface area (Å²) in [6.45, 7) is 6.10. The standard InChI is InChI=1S/C13H27N5/c1-10(14)9-12-11(2)15-18(6)13(12)17(5)8-7-16(3)4/h10H,7-9,14H2,1-6H3. The van der Waals surface area contributed by atoms with Crippen molar-refractivity contribution in [2.75, 3.05) is 39.1 Å². The molecule has 0 radical (unpaired) electrons. The van der Waals surface area contributed by atoms with Crippen LogP contribution in [0.25, 0.3) is 0 Å². The van der Waals surface area contributed by atoms with Crippen LogP contribution in [0.1, 0.15) is 18.2 Å². The number of anilines is 1. The number of nitrogens with two attached hydrogens (primary N) is 1. The van der Waals surface area contributed by atoms with Gasteiger partial charge < -0.3 is 15.5 Å². The molecule has 1 atom stereocenters. The van der Waals surface area contributed by atoms with Gasteiger partial charge >= 0.3 is 0 Å². The first kappa shape index (κ1) is 15.0. The van der Waals surface area contributed by atoms with Crippen molar-refractivity contribution in [3.8, 4) is 0 Å². The summed E-state index contributed by atoms with van der Waals surface area (Å²) in [4.78, 5) is 4.45. The maximum atomic E-state index is 5.93. The van der Waals surface area contributed by atoms with Crippen LogP contribution in [0.4, 0.5) is 5.82 Å². The Balaban J connectivity index is 2.91. The normalized spacial score (nSPS) is 13.1. The van der Waals surface area contributed by atoms with Crippen LogP contribution in [-0.2, 0) is 13.5 Å². The van der Waals surface area contributed by atoms with Crippen molar-refractivity contribution in [3.63, 3.8) is 0 Å². The zero-order valence-corrected chi connectivity index (χ0v) is 12.6. The van der Waals surface area contributed by atoms with E-state index in [-0.39, 0.29) is 6.04 Å². The summed E-state index contributed by atoms with van der Waals surface area (Å²) in [5.41, 5.74) is 8.29. The minimum absolute atomic E-state index is 0.161. The molecule has 0 aliphatic rings. The predicted octanol–water partition coefficient (Wildman–Crippen LogP) is 0.616. The summed E-state index contributed by atoms with van der Waals surface area (Å²) in [6.07, 6.45) is 0.876. The Hall–Kier alpha value is -1.07. The van der Waals surface area contributed by atoms with E-state index in [1.54, 1.807) is 0 Å². The highest BCUT2D eigenvalue weighted by Crippen LogP contribution is 2.23. The third-order valence-corrected chi connectivity index (χ3v) is 3.08. The van der Waals surface area contributed by atoms with Crippen LogP contribution in [-0.4, -0.2) is 55.0 Å². The minimum atomic E-state index is 0.161. The Morgan fingerprint density at radius 3 is 2.39 bits per heavy atom. The van der Waals surface area contributed by atoms with Gasteiger partial charge in [-0.05, 0) is 34.4 Å². The molecule has 1 aromatic heterocycles. The molecule has 18 heavy (non-hydrogen) atoms. The summed E-state index contributed by atoms with van der Waals surface area (Å²) in [6, 6.07) is 0.161. The van der Waals surface area contributed by atoms with Crippen LogP contribution in [0, 0.1) is 6.92 Å². The molecule has 0 saturated carbocycles. The monoisotopic (exact) mass is 253 g/mol.